The molecule has 1 N–H and O–H groups in total. The molecule has 2 saturated heterocycles. The van der Waals surface area contributed by atoms with Gasteiger partial charge in [0.2, 0.25) is 0 Å². The molecule has 0 atom stereocenters. The van der Waals surface area contributed by atoms with Crippen LogP contribution in [0, 0.1) is 0 Å². The number of hydrogen-bond acceptors (Lipinski definition) is 5. The molecule has 2 fully saturated rings. The Hall–Kier alpha value is -3.06. The van der Waals surface area contributed by atoms with E-state index in [0.29, 0.717) is 19.7 Å². The fourth-order valence-corrected chi connectivity index (χ4v) is 5.10. The minimum Gasteiger partial charge on any atom is -0.450 e. The number of anilines is 1. The maximum atomic E-state index is 12.0. The summed E-state index contributed by atoms with van der Waals surface area (Å²) in [6.07, 6.45) is 6.10. The molecule has 0 unspecified atom stereocenters. The first-order chi connectivity index (χ1) is 16.1. The minimum atomic E-state index is -0.219. The lowest BCUT2D eigenvalue weighted by Crippen LogP contribution is -2.49. The first kappa shape index (κ1) is 21.8. The predicted molar refractivity (Wildman–Crippen MR) is 131 cm³/mol. The van der Waals surface area contributed by atoms with Gasteiger partial charge in [-0.3, -0.25) is 0 Å². The Morgan fingerprint density at radius 3 is 2.48 bits per heavy atom. The molecule has 2 aliphatic heterocycles. The summed E-state index contributed by atoms with van der Waals surface area (Å²) in [5.41, 5.74) is 6.30. The second kappa shape index (κ2) is 9.06. The third-order valence-corrected chi connectivity index (χ3v) is 7.25. The number of nitrogens with one attached hydrogen (secondary N) is 1. The van der Waals surface area contributed by atoms with E-state index in [1.807, 2.05) is 17.6 Å². The smallest absolute Gasteiger partial charge is 0.409 e. The van der Waals surface area contributed by atoms with E-state index in [9.17, 15) is 4.79 Å². The van der Waals surface area contributed by atoms with Gasteiger partial charge in [-0.1, -0.05) is 31.2 Å². The van der Waals surface area contributed by atoms with Crippen molar-refractivity contribution < 1.29 is 9.53 Å². The lowest BCUT2D eigenvalue weighted by atomic mass is 9.75. The van der Waals surface area contributed by atoms with Crippen molar-refractivity contribution >= 4 is 17.3 Å². The van der Waals surface area contributed by atoms with E-state index in [1.165, 1.54) is 29.5 Å². The lowest BCUT2D eigenvalue weighted by molar-refractivity contribution is 0.105. The Morgan fingerprint density at radius 1 is 1.06 bits per heavy atom. The molecule has 33 heavy (non-hydrogen) atoms. The molecular formula is C26H33N5O2. The zero-order valence-electron chi connectivity index (χ0n) is 19.6. The number of rotatable bonds is 4. The fraction of sp³-hybridized carbons (Fsp3) is 0.462. The average molecular weight is 448 g/mol. The molecule has 0 saturated carbocycles. The van der Waals surface area contributed by atoms with Crippen LogP contribution in [0.1, 0.15) is 32.3 Å². The lowest BCUT2D eigenvalue weighted by Gasteiger charge is -2.35. The molecule has 0 spiro atoms. The number of nitrogens with zero attached hydrogens (tertiary/aromatic N) is 4. The standard InChI is InChI=1S/C26H33N5O2/c1-3-33-25(32)30-16-14-29(15-17-30)23-8-11-28-31-19-21(18-24(23)31)20-4-6-22(7-5-20)26(2)9-12-27-13-10-26/h4-8,11,18-19,27H,3,9-10,12-17H2,1-2H3. The number of aromatic nitrogens is 2. The second-order valence-electron chi connectivity index (χ2n) is 9.34. The summed E-state index contributed by atoms with van der Waals surface area (Å²) in [4.78, 5) is 16.1. The van der Waals surface area contributed by atoms with Crippen molar-refractivity contribution in [1.82, 2.24) is 19.8 Å². The van der Waals surface area contributed by atoms with Crippen molar-refractivity contribution in [2.75, 3.05) is 50.8 Å². The van der Waals surface area contributed by atoms with Crippen LogP contribution in [0.2, 0.25) is 0 Å². The van der Waals surface area contributed by atoms with Crippen LogP contribution in [-0.2, 0) is 10.2 Å². The van der Waals surface area contributed by atoms with E-state index in [0.717, 1.165) is 37.4 Å². The van der Waals surface area contributed by atoms with Gasteiger partial charge in [0.05, 0.1) is 17.8 Å². The quantitative estimate of drug-likeness (QED) is 0.657. The predicted octanol–water partition coefficient (Wildman–Crippen LogP) is 3.92. The van der Waals surface area contributed by atoms with Gasteiger partial charge in [0.1, 0.15) is 0 Å². The normalized spacial score (nSPS) is 18.5. The van der Waals surface area contributed by atoms with E-state index < -0.39 is 0 Å². The van der Waals surface area contributed by atoms with Crippen molar-refractivity contribution in [2.45, 2.75) is 32.1 Å². The van der Waals surface area contributed by atoms with Crippen LogP contribution in [0.5, 0.6) is 0 Å². The third kappa shape index (κ3) is 4.29. The molecule has 1 amide bonds. The van der Waals surface area contributed by atoms with Crippen LogP contribution in [-0.4, -0.2) is 66.5 Å². The summed E-state index contributed by atoms with van der Waals surface area (Å²) in [6, 6.07) is 13.4. The van der Waals surface area contributed by atoms with E-state index in [4.69, 9.17) is 4.74 Å². The second-order valence-corrected chi connectivity index (χ2v) is 9.34. The van der Waals surface area contributed by atoms with Crippen molar-refractivity contribution in [3.8, 4) is 11.1 Å². The van der Waals surface area contributed by atoms with Gasteiger partial charge in [0.25, 0.3) is 0 Å². The van der Waals surface area contributed by atoms with Crippen molar-refractivity contribution in [2.24, 2.45) is 0 Å². The summed E-state index contributed by atoms with van der Waals surface area (Å²) in [7, 11) is 0. The highest BCUT2D eigenvalue weighted by atomic mass is 16.6. The highest BCUT2D eigenvalue weighted by molar-refractivity contribution is 5.80. The molecule has 5 rings (SSSR count). The third-order valence-electron chi connectivity index (χ3n) is 7.25. The number of amides is 1. The van der Waals surface area contributed by atoms with Crippen molar-refractivity contribution in [1.29, 1.82) is 0 Å². The number of ether oxygens (including phenoxy) is 1. The van der Waals surface area contributed by atoms with E-state index in [2.05, 4.69) is 64.8 Å². The maximum absolute atomic E-state index is 12.0. The van der Waals surface area contributed by atoms with E-state index in [-0.39, 0.29) is 11.5 Å². The molecule has 2 aliphatic rings. The summed E-state index contributed by atoms with van der Waals surface area (Å²) in [5, 5.41) is 8.02. The van der Waals surface area contributed by atoms with Gasteiger partial charge in [0, 0.05) is 44.1 Å². The topological polar surface area (TPSA) is 62.1 Å². The molecule has 0 radical (unpaired) electrons. The number of piperidine rings is 1. The number of carbonyl (C=O) groups excluding carboxylic acids is 1. The van der Waals surface area contributed by atoms with Crippen LogP contribution >= 0.6 is 0 Å². The summed E-state index contributed by atoms with van der Waals surface area (Å²) >= 11 is 0. The number of hydrogen-bond donors (Lipinski definition) is 1. The molecule has 4 heterocycles. The molecule has 0 bridgehead atoms. The summed E-state index contributed by atoms with van der Waals surface area (Å²) in [5.74, 6) is 0. The molecule has 0 aliphatic carbocycles. The van der Waals surface area contributed by atoms with Gasteiger partial charge in [-0.05, 0) is 61.5 Å². The maximum Gasteiger partial charge on any atom is 0.409 e. The van der Waals surface area contributed by atoms with Crippen LogP contribution in [0.4, 0.5) is 10.5 Å². The van der Waals surface area contributed by atoms with Gasteiger partial charge in [-0.2, -0.15) is 5.10 Å². The first-order valence-corrected chi connectivity index (χ1v) is 12.0. The molecule has 7 heteroatoms. The van der Waals surface area contributed by atoms with Crippen LogP contribution in [0.15, 0.2) is 48.8 Å². The summed E-state index contributed by atoms with van der Waals surface area (Å²) < 4.78 is 7.11. The number of fused-ring (bicyclic) bond motifs is 1. The first-order valence-electron chi connectivity index (χ1n) is 12.0. The van der Waals surface area contributed by atoms with Gasteiger partial charge in [0.15, 0.2) is 0 Å². The molecule has 1 aromatic carbocycles. The van der Waals surface area contributed by atoms with Crippen molar-refractivity contribution in [3.63, 3.8) is 0 Å². The summed E-state index contributed by atoms with van der Waals surface area (Å²) in [6.45, 7) is 9.70. The van der Waals surface area contributed by atoms with Gasteiger partial charge in [-0.15, -0.1) is 0 Å². The fourth-order valence-electron chi connectivity index (χ4n) is 5.10. The van der Waals surface area contributed by atoms with Gasteiger partial charge >= 0.3 is 6.09 Å². The highest BCUT2D eigenvalue weighted by Gasteiger charge is 2.28. The zero-order valence-corrected chi connectivity index (χ0v) is 19.6. The highest BCUT2D eigenvalue weighted by Crippen LogP contribution is 2.35. The zero-order chi connectivity index (χ0) is 22.8. The van der Waals surface area contributed by atoms with E-state index in [1.54, 1.807) is 4.90 Å². The van der Waals surface area contributed by atoms with Crippen LogP contribution < -0.4 is 10.2 Å². The molecule has 2 aromatic heterocycles. The molecule has 3 aromatic rings. The average Bonchev–Trinajstić information content (AvgIpc) is 3.29. The number of piperazine rings is 1. The van der Waals surface area contributed by atoms with Gasteiger partial charge < -0.3 is 19.9 Å². The minimum absolute atomic E-state index is 0.219. The van der Waals surface area contributed by atoms with Gasteiger partial charge in [-0.25, -0.2) is 9.31 Å². The van der Waals surface area contributed by atoms with Crippen LogP contribution in [0.25, 0.3) is 16.6 Å². The number of carbonyl (C=O) groups is 1. The Kier molecular flexibility index (Phi) is 5.98. The Morgan fingerprint density at radius 2 is 1.79 bits per heavy atom. The number of benzene rings is 1. The monoisotopic (exact) mass is 447 g/mol. The largest absolute Gasteiger partial charge is 0.450 e. The Bertz CT molecular complexity index is 1110. The molecular weight excluding hydrogens is 414 g/mol. The molecule has 7 nitrogen and oxygen atoms in total. The van der Waals surface area contributed by atoms with E-state index >= 15 is 0 Å². The van der Waals surface area contributed by atoms with Crippen LogP contribution in [0.3, 0.4) is 0 Å². The SMILES string of the molecule is CCOC(=O)N1CCN(c2ccnn3cc(-c4ccc(C5(C)CCNCC5)cc4)cc23)CC1. The van der Waals surface area contributed by atoms with Crippen molar-refractivity contribution in [3.05, 3.63) is 54.4 Å². The Balaban J connectivity index is 1.36. The Labute approximate surface area is 195 Å². The molecule has 174 valence electrons.